The summed E-state index contributed by atoms with van der Waals surface area (Å²) in [5.74, 6) is -20.4. The maximum absolute atomic E-state index is 15.9. The molecule has 29 heteroatoms. The summed E-state index contributed by atoms with van der Waals surface area (Å²) in [5.41, 5.74) is -3.37. The largest absolute Gasteiger partial charge is 0.460 e. The monoisotopic (exact) mass is 1040 g/mol. The summed E-state index contributed by atoms with van der Waals surface area (Å²) >= 11 is 0.650. The number of aliphatic hydroxyl groups excluding tert-OH is 1. The molecule has 0 aliphatic carbocycles. The van der Waals surface area contributed by atoms with E-state index < -0.39 is 118 Å². The minimum absolute atomic E-state index is 0.00998. The zero-order valence-corrected chi connectivity index (χ0v) is 38.8. The highest BCUT2D eigenvalue weighted by Gasteiger charge is 2.74. The van der Waals surface area contributed by atoms with Crippen molar-refractivity contribution >= 4 is 64.4 Å². The number of carbonyl (C=O) groups is 6. The van der Waals surface area contributed by atoms with Crippen LogP contribution in [0.25, 0.3) is 0 Å². The van der Waals surface area contributed by atoms with Gasteiger partial charge in [0.05, 0.1) is 29.2 Å². The molecule has 3 heterocycles. The molecule has 0 saturated carbocycles. The van der Waals surface area contributed by atoms with Gasteiger partial charge in [0, 0.05) is 47.8 Å². The zero-order valence-electron chi connectivity index (χ0n) is 38.0. The van der Waals surface area contributed by atoms with Gasteiger partial charge >= 0.3 is 29.7 Å². The highest BCUT2D eigenvalue weighted by Crippen LogP contribution is 2.51. The highest BCUT2D eigenvalue weighted by atomic mass is 32.2. The number of unbranched alkanes of at least 4 members (excludes halogenated alkanes) is 2. The first kappa shape index (κ1) is 55.5. The summed E-state index contributed by atoms with van der Waals surface area (Å²) in [4.78, 5) is 88.0. The second kappa shape index (κ2) is 23.2. The van der Waals surface area contributed by atoms with Crippen LogP contribution in [0.4, 0.5) is 52.3 Å². The number of rotatable bonds is 23. The predicted octanol–water partition coefficient (Wildman–Crippen LogP) is 4.81. The van der Waals surface area contributed by atoms with Gasteiger partial charge in [-0.25, -0.2) is 19.4 Å². The molecule has 1 aliphatic heterocycles. The van der Waals surface area contributed by atoms with Crippen molar-refractivity contribution in [2.24, 2.45) is 5.92 Å². The Hall–Kier alpha value is -7.43. The minimum atomic E-state index is -6.81. The molecule has 0 radical (unpaired) electrons. The van der Waals surface area contributed by atoms with Crippen molar-refractivity contribution in [1.29, 1.82) is 0 Å². The first-order chi connectivity index (χ1) is 33.7. The second-order valence-electron chi connectivity index (χ2n) is 16.3. The van der Waals surface area contributed by atoms with Crippen LogP contribution in [0.5, 0.6) is 0 Å². The number of alkyl halides is 7. The topological polar surface area (TPSA) is 265 Å². The first-order valence-corrected chi connectivity index (χ1v) is 22.3. The van der Waals surface area contributed by atoms with Gasteiger partial charge in [-0.15, -0.1) is 5.10 Å². The summed E-state index contributed by atoms with van der Waals surface area (Å²) in [7, 11) is 0. The average molecular weight is 1040 g/mol. The number of halogens is 8. The molecule has 4 aromatic rings. The Morgan fingerprint density at radius 1 is 0.875 bits per heavy atom. The van der Waals surface area contributed by atoms with Crippen molar-refractivity contribution in [3.05, 3.63) is 99.5 Å². The number of aliphatic hydroxyl groups is 1. The number of hydrogen-bond acceptors (Lipinski definition) is 13. The van der Waals surface area contributed by atoms with Gasteiger partial charge in [0.2, 0.25) is 28.7 Å². The molecule has 0 unspecified atom stereocenters. The molecule has 6 amide bonds. The van der Waals surface area contributed by atoms with Crippen LogP contribution < -0.4 is 25.8 Å². The average Bonchev–Trinajstić information content (AvgIpc) is 3.89. The van der Waals surface area contributed by atoms with Gasteiger partial charge in [-0.3, -0.25) is 39.0 Å². The van der Waals surface area contributed by atoms with Gasteiger partial charge in [0.25, 0.3) is 17.5 Å². The number of amides is 6. The quantitative estimate of drug-likeness (QED) is 0.0167. The normalized spacial score (nSPS) is 13.8. The Bertz CT molecular complexity index is 2720. The van der Waals surface area contributed by atoms with Gasteiger partial charge in [-0.05, 0) is 77.7 Å². The number of pyridine rings is 1. The lowest BCUT2D eigenvalue weighted by Crippen LogP contribution is -2.53. The molecule has 0 saturated heterocycles. The van der Waals surface area contributed by atoms with E-state index in [1.165, 1.54) is 43.3 Å². The van der Waals surface area contributed by atoms with Crippen LogP contribution in [-0.2, 0) is 43.0 Å². The molecule has 0 fully saturated rings. The SMILES string of the molecule is CC(C)[C@H](NC(=O)CCCCCN1C(=O)C=CC1=O)C(=O)N[C@@H](C)C(=O)Nc1ccc(C[n+]2cc(C(F)(F)C(F)(F)C(F)(F)F)cc(F)c2NC(=O)c2cc([N+](=O)[O-])ccc2Sc2nnnn2CCO)cc1. The lowest BCUT2D eigenvalue weighted by molar-refractivity contribution is -0.676. The van der Waals surface area contributed by atoms with Crippen LogP contribution >= 0.6 is 11.8 Å². The second-order valence-corrected chi connectivity index (χ2v) is 17.3. The van der Waals surface area contributed by atoms with Gasteiger partial charge in [-0.2, -0.15) is 35.1 Å². The van der Waals surface area contributed by atoms with Crippen molar-refractivity contribution in [3.8, 4) is 0 Å². The number of anilines is 2. The van der Waals surface area contributed by atoms with E-state index in [4.69, 9.17) is 0 Å². The zero-order chi connectivity index (χ0) is 53.3. The highest BCUT2D eigenvalue weighted by molar-refractivity contribution is 7.99. The van der Waals surface area contributed by atoms with Crippen LogP contribution in [0.2, 0.25) is 0 Å². The number of nitro benzene ring substituents is 1. The molecule has 1 aliphatic rings. The van der Waals surface area contributed by atoms with Crippen LogP contribution in [0.3, 0.4) is 0 Å². The Balaban J connectivity index is 1.32. The Kier molecular flexibility index (Phi) is 17.9. The number of aromatic nitrogens is 5. The molecular formula is C43H44F8N11O9S+. The summed E-state index contributed by atoms with van der Waals surface area (Å²) in [6.45, 7) is 3.42. The molecule has 20 nitrogen and oxygen atoms in total. The fourth-order valence-corrected chi connectivity index (χ4v) is 7.65. The summed E-state index contributed by atoms with van der Waals surface area (Å²) in [6, 6.07) is 5.01. The van der Waals surface area contributed by atoms with Crippen LogP contribution in [0.15, 0.2) is 76.9 Å². The fraction of sp³-hybridized carbons (Fsp3) is 0.395. The fourth-order valence-electron chi connectivity index (χ4n) is 6.75. The number of carbonyl (C=O) groups excluding carboxylic acids is 6. The molecule has 0 bridgehead atoms. The molecule has 2 aromatic carbocycles. The number of nitrogens with one attached hydrogen (secondary N) is 4. The van der Waals surface area contributed by atoms with Crippen LogP contribution in [0, 0.1) is 21.8 Å². The van der Waals surface area contributed by atoms with Gasteiger partial charge in [0.15, 0.2) is 0 Å². The van der Waals surface area contributed by atoms with Gasteiger partial charge < -0.3 is 21.1 Å². The van der Waals surface area contributed by atoms with E-state index in [-0.39, 0.29) is 53.1 Å². The predicted molar refractivity (Wildman–Crippen MR) is 234 cm³/mol. The van der Waals surface area contributed by atoms with E-state index >= 15 is 13.2 Å². The Morgan fingerprint density at radius 3 is 2.15 bits per heavy atom. The number of imide groups is 1. The van der Waals surface area contributed by atoms with E-state index in [1.54, 1.807) is 13.8 Å². The third-order valence-corrected chi connectivity index (χ3v) is 11.7. The molecule has 2 atom stereocenters. The van der Waals surface area contributed by atoms with E-state index in [2.05, 4.69) is 31.5 Å². The third-order valence-electron chi connectivity index (χ3n) is 10.6. The molecule has 0 spiro atoms. The summed E-state index contributed by atoms with van der Waals surface area (Å²) < 4.78 is 116. The standard InChI is InChI=1S/C43H43F8N11O9S/c1-23(2)35(54-32(64)7-5-4-6-16-60-33(65)14-15-34(60)66)39(69)52-24(3)37(67)53-27-10-8-25(9-11-27)21-59-22-26(41(45,46)42(47,48)43(49,50)51)19-30(44)36(59)55-38(68)29-20-28(62(70)71)12-13-31(29)72-40-56-57-58-61(40)17-18-63/h8-15,19-20,22-24,35,63H,4-7,16-18,21H2,1-3H3,(H3,52,53,54,64,67,69)/p+1/t24-,35-/m0/s1. The molecule has 72 heavy (non-hydrogen) atoms. The molecular weight excluding hydrogens is 999 g/mol. The maximum Gasteiger partial charge on any atom is 0.460 e. The van der Waals surface area contributed by atoms with Gasteiger partial charge in [-0.1, -0.05) is 32.4 Å². The number of non-ortho nitro benzene ring substituents is 1. The number of nitro groups is 1. The molecule has 386 valence electrons. The Morgan fingerprint density at radius 2 is 1.54 bits per heavy atom. The van der Waals surface area contributed by atoms with E-state index in [9.17, 15) is 65.9 Å². The third kappa shape index (κ3) is 13.3. The smallest absolute Gasteiger partial charge is 0.394 e. The number of benzene rings is 2. The lowest BCUT2D eigenvalue weighted by atomic mass is 10.0. The molecule has 5 rings (SSSR count). The first-order valence-electron chi connectivity index (χ1n) is 21.5. The molecule has 5 N–H and O–H groups in total. The Labute approximate surface area is 406 Å². The van der Waals surface area contributed by atoms with Gasteiger partial charge in [0.1, 0.15) is 24.8 Å². The van der Waals surface area contributed by atoms with Crippen molar-refractivity contribution in [1.82, 2.24) is 35.7 Å². The van der Waals surface area contributed by atoms with Crippen LogP contribution in [-0.4, -0.2) is 108 Å². The number of nitrogens with zero attached hydrogens (tertiary/aromatic N) is 7. The summed E-state index contributed by atoms with van der Waals surface area (Å²) in [6.07, 6.45) is -3.07. The number of hydrogen-bond donors (Lipinski definition) is 5. The van der Waals surface area contributed by atoms with E-state index in [1.807, 2.05) is 5.32 Å². The minimum Gasteiger partial charge on any atom is -0.394 e. The van der Waals surface area contributed by atoms with Crippen molar-refractivity contribution in [3.63, 3.8) is 0 Å². The molecule has 2 aromatic heterocycles. The van der Waals surface area contributed by atoms with Crippen molar-refractivity contribution in [2.45, 2.75) is 99.7 Å². The van der Waals surface area contributed by atoms with Crippen LogP contribution in [0.1, 0.15) is 67.9 Å². The van der Waals surface area contributed by atoms with E-state index in [0.717, 1.165) is 27.8 Å². The lowest BCUT2D eigenvalue weighted by Gasteiger charge is -2.28. The van der Waals surface area contributed by atoms with Crippen molar-refractivity contribution < 1.29 is 78.5 Å². The summed E-state index contributed by atoms with van der Waals surface area (Å²) in [5, 5.41) is 41.5. The van der Waals surface area contributed by atoms with Crippen molar-refractivity contribution in [2.75, 3.05) is 23.8 Å². The van der Waals surface area contributed by atoms with E-state index in [0.29, 0.717) is 35.6 Å². The maximum atomic E-state index is 15.9. The number of tetrazole rings is 1.